The van der Waals surface area contributed by atoms with Crippen LogP contribution in [0.5, 0.6) is 17.2 Å². The topological polar surface area (TPSA) is 80.3 Å². The summed E-state index contributed by atoms with van der Waals surface area (Å²) in [6.45, 7) is 11.5. The maximum atomic E-state index is 13.4. The largest absolute Gasteiger partial charge is 0.490 e. The van der Waals surface area contributed by atoms with Gasteiger partial charge in [-0.2, -0.15) is 0 Å². The predicted octanol–water partition coefficient (Wildman–Crippen LogP) is 5.24. The highest BCUT2D eigenvalue weighted by atomic mass is 35.5. The summed E-state index contributed by atoms with van der Waals surface area (Å²) >= 11 is 6.29. The Morgan fingerprint density at radius 1 is 0.889 bits per heavy atom. The first-order chi connectivity index (χ1) is 17.4. The van der Waals surface area contributed by atoms with E-state index in [0.29, 0.717) is 85.9 Å². The fourth-order valence-electron chi connectivity index (χ4n) is 4.17. The Kier molecular flexibility index (Phi) is 10.1. The standard InChI is InChI=1S/C27H36ClN3O5/c1-5-9-25(32)31-14-12-30(13-15-31)22-11-10-20(28)18-21(22)29-27(33)19-16-23(34-6-2)26(36-8-4)24(17-19)35-7-3/h10-11,16-18H,5-9,12-15H2,1-4H3,(H,29,33). The van der Waals surface area contributed by atoms with Crippen LogP contribution < -0.4 is 24.4 Å². The summed E-state index contributed by atoms with van der Waals surface area (Å²) in [5.41, 5.74) is 1.84. The SMILES string of the molecule is CCCC(=O)N1CCN(c2ccc(Cl)cc2NC(=O)c2cc(OCC)c(OCC)c(OCC)c2)CC1. The molecule has 0 bridgehead atoms. The minimum absolute atomic E-state index is 0.187. The summed E-state index contributed by atoms with van der Waals surface area (Å²) in [6, 6.07) is 8.77. The fraction of sp³-hybridized carbons (Fsp3) is 0.481. The molecule has 1 aliphatic rings. The van der Waals surface area contributed by atoms with Gasteiger partial charge in [-0.25, -0.2) is 0 Å². The summed E-state index contributed by atoms with van der Waals surface area (Å²) in [6.07, 6.45) is 1.41. The fourth-order valence-corrected chi connectivity index (χ4v) is 4.34. The van der Waals surface area contributed by atoms with Gasteiger partial charge in [0.1, 0.15) is 0 Å². The zero-order valence-electron chi connectivity index (χ0n) is 21.6. The van der Waals surface area contributed by atoms with Gasteiger partial charge in [-0.1, -0.05) is 18.5 Å². The molecule has 0 spiro atoms. The molecule has 8 nitrogen and oxygen atoms in total. The van der Waals surface area contributed by atoms with E-state index in [1.807, 2.05) is 38.7 Å². The molecule has 1 N–H and O–H groups in total. The monoisotopic (exact) mass is 517 g/mol. The number of halogens is 1. The van der Waals surface area contributed by atoms with Crippen molar-refractivity contribution in [2.24, 2.45) is 0 Å². The van der Waals surface area contributed by atoms with Gasteiger partial charge in [0.15, 0.2) is 11.5 Å². The lowest BCUT2D eigenvalue weighted by molar-refractivity contribution is -0.131. The second kappa shape index (κ2) is 13.3. The van der Waals surface area contributed by atoms with Gasteiger partial charge in [-0.15, -0.1) is 0 Å². The normalized spacial score (nSPS) is 13.4. The van der Waals surface area contributed by atoms with E-state index < -0.39 is 0 Å². The third-order valence-electron chi connectivity index (χ3n) is 5.82. The first kappa shape index (κ1) is 27.5. The third kappa shape index (κ3) is 6.75. The van der Waals surface area contributed by atoms with Crippen LogP contribution in [0.4, 0.5) is 11.4 Å². The smallest absolute Gasteiger partial charge is 0.255 e. The van der Waals surface area contributed by atoms with Gasteiger partial charge in [0.25, 0.3) is 5.91 Å². The molecule has 1 aliphatic heterocycles. The molecular weight excluding hydrogens is 482 g/mol. The first-order valence-electron chi connectivity index (χ1n) is 12.6. The molecule has 3 rings (SSSR count). The van der Waals surface area contributed by atoms with E-state index in [2.05, 4.69) is 10.2 Å². The number of ether oxygens (including phenoxy) is 3. The lowest BCUT2D eigenvalue weighted by Gasteiger charge is -2.37. The summed E-state index contributed by atoms with van der Waals surface area (Å²) in [7, 11) is 0. The number of hydrogen-bond acceptors (Lipinski definition) is 6. The Bertz CT molecular complexity index is 1030. The van der Waals surface area contributed by atoms with Crippen LogP contribution in [-0.4, -0.2) is 62.7 Å². The van der Waals surface area contributed by atoms with Crippen LogP contribution in [0.1, 0.15) is 50.9 Å². The Balaban J connectivity index is 1.85. The Morgan fingerprint density at radius 3 is 2.06 bits per heavy atom. The molecule has 2 aromatic rings. The molecule has 1 fully saturated rings. The highest BCUT2D eigenvalue weighted by Crippen LogP contribution is 2.39. The van der Waals surface area contributed by atoms with Crippen molar-refractivity contribution in [3.63, 3.8) is 0 Å². The number of anilines is 2. The van der Waals surface area contributed by atoms with Gasteiger partial charge < -0.3 is 29.3 Å². The number of piperazine rings is 1. The van der Waals surface area contributed by atoms with Crippen LogP contribution in [0.15, 0.2) is 30.3 Å². The number of rotatable bonds is 11. The summed E-state index contributed by atoms with van der Waals surface area (Å²) < 4.78 is 17.3. The van der Waals surface area contributed by atoms with Crippen molar-refractivity contribution < 1.29 is 23.8 Å². The second-order valence-electron chi connectivity index (χ2n) is 8.33. The molecule has 1 saturated heterocycles. The summed E-state index contributed by atoms with van der Waals surface area (Å²) in [4.78, 5) is 29.7. The maximum absolute atomic E-state index is 13.4. The molecule has 9 heteroatoms. The van der Waals surface area contributed by atoms with E-state index in [-0.39, 0.29) is 11.8 Å². The van der Waals surface area contributed by atoms with E-state index in [1.54, 1.807) is 24.3 Å². The lowest BCUT2D eigenvalue weighted by atomic mass is 10.1. The van der Waals surface area contributed by atoms with Gasteiger partial charge in [-0.05, 0) is 57.5 Å². The number of amides is 2. The lowest BCUT2D eigenvalue weighted by Crippen LogP contribution is -2.48. The Morgan fingerprint density at radius 2 is 1.50 bits per heavy atom. The van der Waals surface area contributed by atoms with Crippen LogP contribution in [0, 0.1) is 0 Å². The van der Waals surface area contributed by atoms with E-state index in [0.717, 1.165) is 12.1 Å². The van der Waals surface area contributed by atoms with E-state index in [9.17, 15) is 9.59 Å². The average molecular weight is 518 g/mol. The molecule has 2 aromatic carbocycles. The van der Waals surface area contributed by atoms with Crippen molar-refractivity contribution in [2.75, 3.05) is 56.2 Å². The highest BCUT2D eigenvalue weighted by Gasteiger charge is 2.24. The zero-order valence-corrected chi connectivity index (χ0v) is 22.3. The Labute approximate surface area is 218 Å². The summed E-state index contributed by atoms with van der Waals surface area (Å²) in [5, 5.41) is 3.53. The van der Waals surface area contributed by atoms with Gasteiger partial charge in [-0.3, -0.25) is 9.59 Å². The number of benzene rings is 2. The van der Waals surface area contributed by atoms with Gasteiger partial charge in [0.05, 0.1) is 31.2 Å². The number of carbonyl (C=O) groups excluding carboxylic acids is 2. The molecule has 0 aliphatic carbocycles. The van der Waals surface area contributed by atoms with Gasteiger partial charge in [0.2, 0.25) is 11.7 Å². The van der Waals surface area contributed by atoms with Crippen LogP contribution in [0.3, 0.4) is 0 Å². The molecule has 0 radical (unpaired) electrons. The van der Waals surface area contributed by atoms with Crippen molar-refractivity contribution in [3.8, 4) is 17.2 Å². The minimum atomic E-state index is -0.319. The molecule has 196 valence electrons. The first-order valence-corrected chi connectivity index (χ1v) is 13.0. The minimum Gasteiger partial charge on any atom is -0.490 e. The zero-order chi connectivity index (χ0) is 26.1. The van der Waals surface area contributed by atoms with Crippen molar-refractivity contribution in [3.05, 3.63) is 40.9 Å². The van der Waals surface area contributed by atoms with E-state index in [1.165, 1.54) is 0 Å². The van der Waals surface area contributed by atoms with Crippen molar-refractivity contribution in [1.29, 1.82) is 0 Å². The predicted molar refractivity (Wildman–Crippen MR) is 143 cm³/mol. The van der Waals surface area contributed by atoms with Gasteiger partial charge >= 0.3 is 0 Å². The molecule has 0 unspecified atom stereocenters. The van der Waals surface area contributed by atoms with Crippen LogP contribution in [-0.2, 0) is 4.79 Å². The van der Waals surface area contributed by atoms with E-state index >= 15 is 0 Å². The van der Waals surface area contributed by atoms with Crippen molar-refractivity contribution >= 4 is 34.8 Å². The molecule has 0 saturated carbocycles. The average Bonchev–Trinajstić information content (AvgIpc) is 2.86. The molecule has 2 amide bonds. The van der Waals surface area contributed by atoms with Gasteiger partial charge in [0, 0.05) is 43.2 Å². The van der Waals surface area contributed by atoms with Crippen molar-refractivity contribution in [2.45, 2.75) is 40.5 Å². The molecule has 36 heavy (non-hydrogen) atoms. The maximum Gasteiger partial charge on any atom is 0.255 e. The van der Waals surface area contributed by atoms with Crippen molar-refractivity contribution in [1.82, 2.24) is 4.90 Å². The Hall–Kier alpha value is -3.13. The van der Waals surface area contributed by atoms with Crippen LogP contribution in [0.25, 0.3) is 0 Å². The third-order valence-corrected chi connectivity index (χ3v) is 6.05. The molecular formula is C27H36ClN3O5. The van der Waals surface area contributed by atoms with E-state index in [4.69, 9.17) is 25.8 Å². The van der Waals surface area contributed by atoms with Crippen LogP contribution in [0.2, 0.25) is 5.02 Å². The molecule has 0 aromatic heterocycles. The molecule has 1 heterocycles. The highest BCUT2D eigenvalue weighted by molar-refractivity contribution is 6.31. The number of carbonyl (C=O) groups is 2. The molecule has 0 atom stereocenters. The number of nitrogens with one attached hydrogen (secondary N) is 1. The quantitative estimate of drug-likeness (QED) is 0.439. The van der Waals surface area contributed by atoms with Crippen LogP contribution >= 0.6 is 11.6 Å². The number of hydrogen-bond donors (Lipinski definition) is 1. The number of nitrogens with zero attached hydrogens (tertiary/aromatic N) is 2. The second-order valence-corrected chi connectivity index (χ2v) is 8.77. The summed E-state index contributed by atoms with van der Waals surface area (Å²) in [5.74, 6) is 1.26.